The second kappa shape index (κ2) is 9.47. The highest BCUT2D eigenvalue weighted by Gasteiger charge is 2.25. The van der Waals surface area contributed by atoms with Crippen molar-refractivity contribution in [3.63, 3.8) is 0 Å². The zero-order valence-electron chi connectivity index (χ0n) is 18.5. The molecule has 172 valence electrons. The van der Waals surface area contributed by atoms with Crippen molar-refractivity contribution >= 4 is 38.9 Å². The second-order valence-corrected chi connectivity index (χ2v) is 9.41. The lowest BCUT2D eigenvalue weighted by Gasteiger charge is -2.24. The standard InChI is InChI=1S/C22H27N3O6S/c1-15-12-16(7-9-18(15)24-11-5-6-22(24)27)23-21(26)14-25(32(4,28)29)19-10-8-17(30-2)13-20(19)31-3/h7-10,12-13H,5-6,11,14H2,1-4H3,(H,23,26). The van der Waals surface area contributed by atoms with Gasteiger partial charge in [-0.3, -0.25) is 13.9 Å². The Morgan fingerprint density at radius 3 is 2.47 bits per heavy atom. The maximum atomic E-state index is 12.7. The summed E-state index contributed by atoms with van der Waals surface area (Å²) in [5.41, 5.74) is 2.39. The lowest BCUT2D eigenvalue weighted by Crippen LogP contribution is -2.37. The summed E-state index contributed by atoms with van der Waals surface area (Å²) in [6.45, 7) is 2.10. The highest BCUT2D eigenvalue weighted by molar-refractivity contribution is 7.92. The first-order valence-corrected chi connectivity index (χ1v) is 11.9. The number of amides is 2. The molecule has 10 heteroatoms. The van der Waals surface area contributed by atoms with Gasteiger partial charge in [-0.25, -0.2) is 8.42 Å². The summed E-state index contributed by atoms with van der Waals surface area (Å²) in [5.74, 6) is 0.327. The molecule has 0 bridgehead atoms. The number of carbonyl (C=O) groups excluding carboxylic acids is 2. The Morgan fingerprint density at radius 2 is 1.91 bits per heavy atom. The molecule has 3 rings (SSSR count). The van der Waals surface area contributed by atoms with E-state index in [1.807, 2.05) is 6.92 Å². The summed E-state index contributed by atoms with van der Waals surface area (Å²) in [5, 5.41) is 2.73. The molecule has 2 aromatic rings. The van der Waals surface area contributed by atoms with Gasteiger partial charge < -0.3 is 19.7 Å². The van der Waals surface area contributed by atoms with Crippen LogP contribution in [0.3, 0.4) is 0 Å². The van der Waals surface area contributed by atoms with E-state index in [9.17, 15) is 18.0 Å². The molecular formula is C22H27N3O6S. The van der Waals surface area contributed by atoms with Gasteiger partial charge >= 0.3 is 0 Å². The lowest BCUT2D eigenvalue weighted by atomic mass is 10.1. The van der Waals surface area contributed by atoms with Crippen LogP contribution in [0.25, 0.3) is 0 Å². The summed E-state index contributed by atoms with van der Waals surface area (Å²) in [4.78, 5) is 26.5. The molecule has 0 radical (unpaired) electrons. The number of sulfonamides is 1. The molecule has 0 aliphatic carbocycles. The number of hydrogen-bond acceptors (Lipinski definition) is 6. The third kappa shape index (κ3) is 5.13. The largest absolute Gasteiger partial charge is 0.497 e. The normalized spacial score (nSPS) is 13.8. The van der Waals surface area contributed by atoms with Gasteiger partial charge in [-0.2, -0.15) is 0 Å². The molecule has 0 unspecified atom stereocenters. The summed E-state index contributed by atoms with van der Waals surface area (Å²) in [6.07, 6.45) is 2.39. The summed E-state index contributed by atoms with van der Waals surface area (Å²) < 4.78 is 36.3. The van der Waals surface area contributed by atoms with Crippen LogP contribution in [0.1, 0.15) is 18.4 Å². The van der Waals surface area contributed by atoms with Crippen LogP contribution < -0.4 is 24.0 Å². The molecule has 0 atom stereocenters. The average Bonchev–Trinajstić information content (AvgIpc) is 3.16. The molecule has 0 aromatic heterocycles. The van der Waals surface area contributed by atoms with Crippen LogP contribution in [-0.4, -0.2) is 53.8 Å². The van der Waals surface area contributed by atoms with Crippen molar-refractivity contribution in [2.45, 2.75) is 19.8 Å². The molecule has 0 saturated carbocycles. The van der Waals surface area contributed by atoms with E-state index in [1.165, 1.54) is 20.3 Å². The lowest BCUT2D eigenvalue weighted by molar-refractivity contribution is -0.117. The number of nitrogens with zero attached hydrogens (tertiary/aromatic N) is 2. The quantitative estimate of drug-likeness (QED) is 0.648. The SMILES string of the molecule is COc1ccc(N(CC(=O)Nc2ccc(N3CCCC3=O)c(C)c2)S(C)(=O)=O)c(OC)c1. The van der Waals surface area contributed by atoms with Crippen molar-refractivity contribution in [3.05, 3.63) is 42.0 Å². The van der Waals surface area contributed by atoms with Crippen LogP contribution in [0.15, 0.2) is 36.4 Å². The fourth-order valence-corrected chi connectivity index (χ4v) is 4.50. The molecule has 1 N–H and O–H groups in total. The molecule has 1 saturated heterocycles. The van der Waals surface area contributed by atoms with Crippen LogP contribution in [-0.2, 0) is 19.6 Å². The van der Waals surface area contributed by atoms with Crippen molar-refractivity contribution in [1.82, 2.24) is 0 Å². The maximum Gasteiger partial charge on any atom is 0.245 e. The number of anilines is 3. The second-order valence-electron chi connectivity index (χ2n) is 7.51. The number of rotatable bonds is 8. The molecule has 1 heterocycles. The van der Waals surface area contributed by atoms with E-state index < -0.39 is 22.5 Å². The highest BCUT2D eigenvalue weighted by atomic mass is 32.2. The van der Waals surface area contributed by atoms with Crippen LogP contribution in [0.4, 0.5) is 17.1 Å². The smallest absolute Gasteiger partial charge is 0.245 e. The Hall–Kier alpha value is -3.27. The van der Waals surface area contributed by atoms with Crippen molar-refractivity contribution in [2.24, 2.45) is 0 Å². The first-order valence-electron chi connectivity index (χ1n) is 10.0. The molecule has 1 aliphatic heterocycles. The Kier molecular flexibility index (Phi) is 6.93. The van der Waals surface area contributed by atoms with E-state index in [2.05, 4.69) is 5.32 Å². The Labute approximate surface area is 188 Å². The van der Waals surface area contributed by atoms with E-state index in [1.54, 1.807) is 35.2 Å². The number of nitrogens with one attached hydrogen (secondary N) is 1. The third-order valence-corrected chi connectivity index (χ3v) is 6.31. The van der Waals surface area contributed by atoms with Crippen LogP contribution >= 0.6 is 0 Å². The minimum Gasteiger partial charge on any atom is -0.497 e. The zero-order chi connectivity index (χ0) is 23.5. The number of benzene rings is 2. The first kappa shape index (κ1) is 23.4. The number of hydrogen-bond donors (Lipinski definition) is 1. The van der Waals surface area contributed by atoms with E-state index in [-0.39, 0.29) is 17.3 Å². The zero-order valence-corrected chi connectivity index (χ0v) is 19.4. The van der Waals surface area contributed by atoms with Crippen molar-refractivity contribution in [3.8, 4) is 11.5 Å². The molecular weight excluding hydrogens is 434 g/mol. The average molecular weight is 462 g/mol. The summed E-state index contributed by atoms with van der Waals surface area (Å²) in [7, 11) is -0.882. The maximum absolute atomic E-state index is 12.7. The topological polar surface area (TPSA) is 105 Å². The van der Waals surface area contributed by atoms with Crippen molar-refractivity contribution in [1.29, 1.82) is 0 Å². The molecule has 1 aliphatic rings. The van der Waals surface area contributed by atoms with Gasteiger partial charge in [0.05, 0.1) is 26.2 Å². The van der Waals surface area contributed by atoms with Gasteiger partial charge in [-0.05, 0) is 49.2 Å². The highest BCUT2D eigenvalue weighted by Crippen LogP contribution is 2.33. The van der Waals surface area contributed by atoms with Crippen molar-refractivity contribution < 1.29 is 27.5 Å². The number of carbonyl (C=O) groups is 2. The van der Waals surface area contributed by atoms with E-state index in [4.69, 9.17) is 9.47 Å². The first-order chi connectivity index (χ1) is 15.1. The van der Waals surface area contributed by atoms with Gasteiger partial charge in [-0.1, -0.05) is 0 Å². The monoisotopic (exact) mass is 461 g/mol. The van der Waals surface area contributed by atoms with Crippen LogP contribution in [0, 0.1) is 6.92 Å². The molecule has 9 nitrogen and oxygen atoms in total. The minimum absolute atomic E-state index is 0.0853. The Bertz CT molecular complexity index is 1130. The van der Waals surface area contributed by atoms with Crippen molar-refractivity contribution in [2.75, 3.05) is 48.1 Å². The minimum atomic E-state index is -3.78. The van der Waals surface area contributed by atoms with E-state index in [0.717, 1.165) is 28.2 Å². The van der Waals surface area contributed by atoms with Gasteiger partial charge in [0.1, 0.15) is 18.0 Å². The molecule has 2 aromatic carbocycles. The molecule has 0 spiro atoms. The third-order valence-electron chi connectivity index (χ3n) is 5.19. The van der Waals surface area contributed by atoms with Gasteiger partial charge in [0, 0.05) is 30.4 Å². The van der Waals surface area contributed by atoms with Gasteiger partial charge in [0.2, 0.25) is 21.8 Å². The van der Waals surface area contributed by atoms with E-state index in [0.29, 0.717) is 24.4 Å². The summed E-state index contributed by atoms with van der Waals surface area (Å²) in [6, 6.07) is 9.91. The molecule has 1 fully saturated rings. The fourth-order valence-electron chi connectivity index (χ4n) is 3.64. The fraction of sp³-hybridized carbons (Fsp3) is 0.364. The van der Waals surface area contributed by atoms with Gasteiger partial charge in [-0.15, -0.1) is 0 Å². The predicted octanol–water partition coefficient (Wildman–Crippen LogP) is 2.54. The van der Waals surface area contributed by atoms with Gasteiger partial charge in [0.25, 0.3) is 0 Å². The van der Waals surface area contributed by atoms with Gasteiger partial charge in [0.15, 0.2) is 0 Å². The summed E-state index contributed by atoms with van der Waals surface area (Å²) >= 11 is 0. The molecule has 32 heavy (non-hydrogen) atoms. The van der Waals surface area contributed by atoms with Crippen LogP contribution in [0.5, 0.6) is 11.5 Å². The Balaban J connectivity index is 1.80. The Morgan fingerprint density at radius 1 is 1.16 bits per heavy atom. The van der Waals surface area contributed by atoms with Crippen LogP contribution in [0.2, 0.25) is 0 Å². The number of methoxy groups -OCH3 is 2. The van der Waals surface area contributed by atoms with E-state index >= 15 is 0 Å². The molecule has 2 amide bonds. The number of aryl methyl sites for hydroxylation is 1. The predicted molar refractivity (Wildman–Crippen MR) is 123 cm³/mol. The number of ether oxygens (including phenoxy) is 2.